The molecule has 96 valence electrons. The molecule has 0 spiro atoms. The zero-order valence-corrected chi connectivity index (χ0v) is 11.0. The number of rotatable bonds is 2. The van der Waals surface area contributed by atoms with Crippen LogP contribution in [0.25, 0.3) is 0 Å². The lowest BCUT2D eigenvalue weighted by Gasteiger charge is -2.27. The Morgan fingerprint density at radius 2 is 1.88 bits per heavy atom. The van der Waals surface area contributed by atoms with Crippen molar-refractivity contribution in [1.82, 2.24) is 5.43 Å². The van der Waals surface area contributed by atoms with Gasteiger partial charge in [0.15, 0.2) is 0 Å². The zero-order chi connectivity index (χ0) is 12.6. The van der Waals surface area contributed by atoms with E-state index in [2.05, 4.69) is 17.1 Å². The van der Waals surface area contributed by atoms with E-state index in [1.807, 2.05) is 20.8 Å². The predicted molar refractivity (Wildman–Crippen MR) is 65.6 cm³/mol. The normalized spacial score (nSPS) is 25.3. The standard InChI is InChI=1S/C7H16N2.C5H10O2/c1-6-4-2-3-5-7(6)9-8;1-5(2,3)7-4-6/h6-7,9H,2-5,8H2,1H3;4H,1-3H3. The van der Waals surface area contributed by atoms with Crippen molar-refractivity contribution in [2.45, 2.75) is 65.0 Å². The minimum Gasteiger partial charge on any atom is -0.462 e. The molecule has 1 fully saturated rings. The highest BCUT2D eigenvalue weighted by Gasteiger charge is 2.18. The van der Waals surface area contributed by atoms with Gasteiger partial charge in [-0.25, -0.2) is 0 Å². The molecule has 0 radical (unpaired) electrons. The zero-order valence-electron chi connectivity index (χ0n) is 11.0. The Morgan fingerprint density at radius 1 is 1.31 bits per heavy atom. The summed E-state index contributed by atoms with van der Waals surface area (Å²) >= 11 is 0. The molecule has 0 aromatic rings. The van der Waals surface area contributed by atoms with Crippen molar-refractivity contribution < 1.29 is 9.53 Å². The van der Waals surface area contributed by atoms with Gasteiger partial charge < -0.3 is 4.74 Å². The molecule has 4 heteroatoms. The molecule has 2 atom stereocenters. The second-order valence-corrected chi connectivity index (χ2v) is 5.36. The van der Waals surface area contributed by atoms with Gasteiger partial charge in [-0.3, -0.25) is 16.1 Å². The molecule has 0 heterocycles. The van der Waals surface area contributed by atoms with E-state index in [0.717, 1.165) is 5.92 Å². The van der Waals surface area contributed by atoms with E-state index in [4.69, 9.17) is 5.84 Å². The van der Waals surface area contributed by atoms with Gasteiger partial charge in [0.05, 0.1) is 0 Å². The highest BCUT2D eigenvalue weighted by atomic mass is 16.5. The predicted octanol–water partition coefficient (Wildman–Crippen LogP) is 1.99. The first-order chi connectivity index (χ1) is 7.40. The van der Waals surface area contributed by atoms with E-state index in [-0.39, 0.29) is 5.60 Å². The molecule has 2 unspecified atom stereocenters. The summed E-state index contributed by atoms with van der Waals surface area (Å²) < 4.78 is 4.55. The molecule has 1 rings (SSSR count). The molecule has 0 aliphatic heterocycles. The van der Waals surface area contributed by atoms with Crippen molar-refractivity contribution in [3.05, 3.63) is 0 Å². The fourth-order valence-corrected chi connectivity index (χ4v) is 1.71. The van der Waals surface area contributed by atoms with Gasteiger partial charge in [-0.2, -0.15) is 0 Å². The van der Waals surface area contributed by atoms with Crippen LogP contribution in [0, 0.1) is 5.92 Å². The van der Waals surface area contributed by atoms with E-state index in [0.29, 0.717) is 12.5 Å². The van der Waals surface area contributed by atoms with Crippen LogP contribution in [0.4, 0.5) is 0 Å². The maximum atomic E-state index is 9.60. The third-order valence-corrected chi connectivity index (χ3v) is 2.73. The van der Waals surface area contributed by atoms with Crippen molar-refractivity contribution in [1.29, 1.82) is 0 Å². The maximum Gasteiger partial charge on any atom is 0.293 e. The maximum absolute atomic E-state index is 9.60. The molecule has 0 aromatic carbocycles. The smallest absolute Gasteiger partial charge is 0.293 e. The van der Waals surface area contributed by atoms with Crippen LogP contribution in [-0.2, 0) is 9.53 Å². The number of hydrogen-bond donors (Lipinski definition) is 2. The van der Waals surface area contributed by atoms with E-state index in [1.54, 1.807) is 0 Å². The Bertz CT molecular complexity index is 190. The van der Waals surface area contributed by atoms with Crippen molar-refractivity contribution in [3.8, 4) is 0 Å². The molecular formula is C12H26N2O2. The molecular weight excluding hydrogens is 204 g/mol. The fraction of sp³-hybridized carbons (Fsp3) is 0.917. The Balaban J connectivity index is 0.000000293. The van der Waals surface area contributed by atoms with Gasteiger partial charge in [0.1, 0.15) is 5.60 Å². The molecule has 16 heavy (non-hydrogen) atoms. The second-order valence-electron chi connectivity index (χ2n) is 5.36. The Kier molecular flexibility index (Phi) is 7.34. The van der Waals surface area contributed by atoms with Gasteiger partial charge in [-0.05, 0) is 39.5 Å². The Morgan fingerprint density at radius 3 is 2.12 bits per heavy atom. The van der Waals surface area contributed by atoms with Crippen LogP contribution >= 0.6 is 0 Å². The first kappa shape index (κ1) is 15.4. The van der Waals surface area contributed by atoms with Gasteiger partial charge in [0.2, 0.25) is 0 Å². The number of carbonyl (C=O) groups excluding carboxylic acids is 1. The minimum absolute atomic E-state index is 0.318. The fourth-order valence-electron chi connectivity index (χ4n) is 1.71. The molecule has 0 aromatic heterocycles. The quantitative estimate of drug-likeness (QED) is 0.432. The lowest BCUT2D eigenvalue weighted by atomic mass is 9.86. The summed E-state index contributed by atoms with van der Waals surface area (Å²) in [5.74, 6) is 6.12. The number of hydrogen-bond acceptors (Lipinski definition) is 4. The molecule has 0 saturated heterocycles. The van der Waals surface area contributed by atoms with Crippen molar-refractivity contribution >= 4 is 6.47 Å². The monoisotopic (exact) mass is 230 g/mol. The number of carbonyl (C=O) groups is 1. The lowest BCUT2D eigenvalue weighted by Crippen LogP contribution is -2.41. The summed E-state index contributed by atoms with van der Waals surface area (Å²) in [7, 11) is 0. The first-order valence-corrected chi connectivity index (χ1v) is 5.98. The number of ether oxygens (including phenoxy) is 1. The largest absolute Gasteiger partial charge is 0.462 e. The van der Waals surface area contributed by atoms with Gasteiger partial charge >= 0.3 is 0 Å². The highest BCUT2D eigenvalue weighted by Crippen LogP contribution is 2.22. The van der Waals surface area contributed by atoms with Crippen LogP contribution in [0.2, 0.25) is 0 Å². The first-order valence-electron chi connectivity index (χ1n) is 5.98. The molecule has 4 nitrogen and oxygen atoms in total. The van der Waals surface area contributed by atoms with Crippen LogP contribution in [-0.4, -0.2) is 18.1 Å². The summed E-state index contributed by atoms with van der Waals surface area (Å²) in [6, 6.07) is 0.582. The molecule has 0 bridgehead atoms. The third-order valence-electron chi connectivity index (χ3n) is 2.73. The van der Waals surface area contributed by atoms with Gasteiger partial charge in [-0.15, -0.1) is 0 Å². The number of hydrazine groups is 1. The number of nitrogens with two attached hydrogens (primary N) is 1. The van der Waals surface area contributed by atoms with Gasteiger partial charge in [0.25, 0.3) is 6.47 Å². The van der Waals surface area contributed by atoms with Crippen LogP contribution in [0.1, 0.15) is 53.4 Å². The van der Waals surface area contributed by atoms with Gasteiger partial charge in [0, 0.05) is 6.04 Å². The second kappa shape index (κ2) is 7.63. The summed E-state index contributed by atoms with van der Waals surface area (Å²) in [5.41, 5.74) is 2.54. The summed E-state index contributed by atoms with van der Waals surface area (Å²) in [6.07, 6.45) is 5.34. The Hall–Kier alpha value is -0.610. The van der Waals surface area contributed by atoms with Crippen molar-refractivity contribution in [2.75, 3.05) is 0 Å². The molecule has 1 aliphatic rings. The molecule has 1 aliphatic carbocycles. The lowest BCUT2D eigenvalue weighted by molar-refractivity contribution is -0.138. The van der Waals surface area contributed by atoms with Crippen molar-refractivity contribution in [3.63, 3.8) is 0 Å². The SMILES string of the molecule is CC(C)(C)OC=O.CC1CCCCC1NN. The van der Waals surface area contributed by atoms with E-state index < -0.39 is 0 Å². The Labute approximate surface area is 98.9 Å². The minimum atomic E-state index is -0.318. The van der Waals surface area contributed by atoms with E-state index >= 15 is 0 Å². The topological polar surface area (TPSA) is 64.3 Å². The van der Waals surface area contributed by atoms with Crippen LogP contribution in [0.3, 0.4) is 0 Å². The van der Waals surface area contributed by atoms with Crippen LogP contribution in [0.15, 0.2) is 0 Å². The van der Waals surface area contributed by atoms with E-state index in [1.165, 1.54) is 25.7 Å². The molecule has 3 N–H and O–H groups in total. The molecule has 0 amide bonds. The van der Waals surface area contributed by atoms with Gasteiger partial charge in [-0.1, -0.05) is 19.8 Å². The van der Waals surface area contributed by atoms with Crippen molar-refractivity contribution in [2.24, 2.45) is 11.8 Å². The number of nitrogens with one attached hydrogen (secondary N) is 1. The highest BCUT2D eigenvalue weighted by molar-refractivity contribution is 5.37. The molecule has 1 saturated carbocycles. The average molecular weight is 230 g/mol. The summed E-state index contributed by atoms with van der Waals surface area (Å²) in [6.45, 7) is 8.19. The third kappa shape index (κ3) is 7.65. The van der Waals surface area contributed by atoms with Crippen LogP contribution in [0.5, 0.6) is 0 Å². The summed E-state index contributed by atoms with van der Waals surface area (Å²) in [4.78, 5) is 9.60. The average Bonchev–Trinajstić information content (AvgIpc) is 2.17. The van der Waals surface area contributed by atoms with Crippen LogP contribution < -0.4 is 11.3 Å². The van der Waals surface area contributed by atoms with E-state index in [9.17, 15) is 4.79 Å². The summed E-state index contributed by atoms with van der Waals surface area (Å²) in [5, 5.41) is 0.